The molecule has 6 heteroatoms. The van der Waals surface area contributed by atoms with E-state index in [1.54, 1.807) is 0 Å². The number of nitrogens with zero attached hydrogens (tertiary/aromatic N) is 2. The summed E-state index contributed by atoms with van der Waals surface area (Å²) in [7, 11) is 0. The largest absolute Gasteiger partial charge is 0.484 e. The van der Waals surface area contributed by atoms with E-state index in [1.165, 1.54) is 0 Å². The Morgan fingerprint density at radius 1 is 1.03 bits per heavy atom. The minimum atomic E-state index is -0.312. The van der Waals surface area contributed by atoms with Crippen LogP contribution in [0.15, 0.2) is 42.5 Å². The first-order chi connectivity index (χ1) is 14.7. The number of hydrogen-bond donors (Lipinski definition) is 1. The Kier molecular flexibility index (Phi) is 5.63. The normalized spacial score (nSPS) is 29.7. The third-order valence-electron chi connectivity index (χ3n) is 7.06. The lowest BCUT2D eigenvalue weighted by Gasteiger charge is -2.43. The maximum atomic E-state index is 12.8. The maximum absolute atomic E-state index is 12.8. The fourth-order valence-electron chi connectivity index (χ4n) is 5.41. The number of hydrogen-bond acceptors (Lipinski definition) is 5. The summed E-state index contributed by atoms with van der Waals surface area (Å²) in [5.74, 6) is 1.62. The second-order valence-electron chi connectivity index (χ2n) is 8.87. The van der Waals surface area contributed by atoms with Crippen molar-refractivity contribution in [2.45, 2.75) is 25.0 Å². The molecule has 1 N–H and O–H groups in total. The Labute approximate surface area is 177 Å². The van der Waals surface area contributed by atoms with E-state index in [4.69, 9.17) is 9.47 Å². The van der Waals surface area contributed by atoms with E-state index < -0.39 is 0 Å². The van der Waals surface area contributed by atoms with Crippen LogP contribution in [0.2, 0.25) is 0 Å². The van der Waals surface area contributed by atoms with Crippen LogP contribution in [0.1, 0.15) is 12.8 Å². The van der Waals surface area contributed by atoms with Gasteiger partial charge in [-0.05, 0) is 47.6 Å². The standard InChI is InChI=1S/C24H30N2O4/c27-23-13-20-15-26(14-19(20)12-22(23)25-7-9-29-10-8-25)24(28)16-30-21-6-5-17-3-1-2-4-18(17)11-21/h1-6,11,19-20,22-23,27H,7-10,12-16H2/t19-,20+,22-,23-/m1/s1. The predicted octanol–water partition coefficient (Wildman–Crippen LogP) is 2.15. The van der Waals surface area contributed by atoms with Gasteiger partial charge in [0.25, 0.3) is 5.91 Å². The molecule has 160 valence electrons. The number of aliphatic hydroxyl groups excluding tert-OH is 1. The Hall–Kier alpha value is -2.15. The lowest BCUT2D eigenvalue weighted by atomic mass is 9.77. The van der Waals surface area contributed by atoms with Crippen molar-refractivity contribution >= 4 is 16.7 Å². The van der Waals surface area contributed by atoms with Crippen LogP contribution in [-0.2, 0) is 9.53 Å². The number of ether oxygens (including phenoxy) is 2. The molecule has 1 aliphatic carbocycles. The highest BCUT2D eigenvalue weighted by atomic mass is 16.5. The van der Waals surface area contributed by atoms with Crippen molar-refractivity contribution in [3.8, 4) is 5.75 Å². The summed E-state index contributed by atoms with van der Waals surface area (Å²) in [4.78, 5) is 17.1. The fraction of sp³-hybridized carbons (Fsp3) is 0.542. The van der Waals surface area contributed by atoms with Crippen molar-refractivity contribution in [2.75, 3.05) is 46.0 Å². The molecule has 2 aromatic carbocycles. The van der Waals surface area contributed by atoms with Gasteiger partial charge in [0.2, 0.25) is 0 Å². The number of fused-ring (bicyclic) bond motifs is 2. The number of rotatable bonds is 4. The zero-order chi connectivity index (χ0) is 20.5. The first-order valence-corrected chi connectivity index (χ1v) is 11.1. The number of benzene rings is 2. The average molecular weight is 411 g/mol. The van der Waals surface area contributed by atoms with E-state index in [-0.39, 0.29) is 24.7 Å². The number of carbonyl (C=O) groups is 1. The Morgan fingerprint density at radius 3 is 2.57 bits per heavy atom. The van der Waals surface area contributed by atoms with Gasteiger partial charge in [0.05, 0.1) is 19.3 Å². The molecule has 2 aromatic rings. The molecule has 6 nitrogen and oxygen atoms in total. The Bertz CT molecular complexity index is 898. The van der Waals surface area contributed by atoms with E-state index in [0.29, 0.717) is 11.8 Å². The molecule has 3 fully saturated rings. The third-order valence-corrected chi connectivity index (χ3v) is 7.06. The van der Waals surface area contributed by atoms with Crippen molar-refractivity contribution in [2.24, 2.45) is 11.8 Å². The minimum Gasteiger partial charge on any atom is -0.484 e. The molecule has 4 atom stereocenters. The molecule has 0 unspecified atom stereocenters. The molecule has 1 saturated carbocycles. The quantitative estimate of drug-likeness (QED) is 0.837. The molecular formula is C24H30N2O4. The topological polar surface area (TPSA) is 62.2 Å². The van der Waals surface area contributed by atoms with Gasteiger partial charge in [-0.15, -0.1) is 0 Å². The smallest absolute Gasteiger partial charge is 0.260 e. The number of aliphatic hydroxyl groups is 1. The molecule has 2 heterocycles. The van der Waals surface area contributed by atoms with Crippen molar-refractivity contribution in [1.82, 2.24) is 9.80 Å². The third kappa shape index (κ3) is 4.04. The molecule has 0 radical (unpaired) electrons. The highest BCUT2D eigenvalue weighted by Gasteiger charge is 2.44. The summed E-state index contributed by atoms with van der Waals surface area (Å²) in [5, 5.41) is 13.0. The van der Waals surface area contributed by atoms with Gasteiger partial charge in [-0.25, -0.2) is 0 Å². The van der Waals surface area contributed by atoms with Crippen LogP contribution in [0.3, 0.4) is 0 Å². The molecule has 3 aliphatic rings. The molecule has 2 aliphatic heterocycles. The number of likely N-dealkylation sites (tertiary alicyclic amines) is 1. The van der Waals surface area contributed by atoms with E-state index in [9.17, 15) is 9.90 Å². The summed E-state index contributed by atoms with van der Waals surface area (Å²) in [6, 6.07) is 14.2. The Morgan fingerprint density at radius 2 is 1.77 bits per heavy atom. The van der Waals surface area contributed by atoms with Crippen LogP contribution >= 0.6 is 0 Å². The molecular weight excluding hydrogens is 380 g/mol. The number of carbonyl (C=O) groups excluding carboxylic acids is 1. The molecule has 0 spiro atoms. The van der Waals surface area contributed by atoms with Gasteiger partial charge in [0.15, 0.2) is 6.61 Å². The highest BCUT2D eigenvalue weighted by Crippen LogP contribution is 2.38. The summed E-state index contributed by atoms with van der Waals surface area (Å²) in [6.07, 6.45) is 1.43. The molecule has 1 amide bonds. The first kappa shape index (κ1) is 19.8. The molecule has 5 rings (SSSR count). The van der Waals surface area contributed by atoms with Crippen LogP contribution in [-0.4, -0.2) is 79.0 Å². The van der Waals surface area contributed by atoms with Gasteiger partial charge in [0.1, 0.15) is 5.75 Å². The number of morpholine rings is 1. The van der Waals surface area contributed by atoms with Crippen LogP contribution < -0.4 is 4.74 Å². The van der Waals surface area contributed by atoms with E-state index in [1.807, 2.05) is 41.3 Å². The number of amides is 1. The summed E-state index contributed by atoms with van der Waals surface area (Å²) in [6.45, 7) is 4.84. The van der Waals surface area contributed by atoms with Gasteiger partial charge in [-0.1, -0.05) is 30.3 Å². The molecule has 0 aromatic heterocycles. The summed E-state index contributed by atoms with van der Waals surface area (Å²) >= 11 is 0. The highest BCUT2D eigenvalue weighted by molar-refractivity contribution is 5.84. The molecule has 2 saturated heterocycles. The zero-order valence-corrected chi connectivity index (χ0v) is 17.3. The van der Waals surface area contributed by atoms with Crippen molar-refractivity contribution in [3.05, 3.63) is 42.5 Å². The minimum absolute atomic E-state index is 0.0370. The van der Waals surface area contributed by atoms with Crippen molar-refractivity contribution < 1.29 is 19.4 Å². The second kappa shape index (κ2) is 8.53. The fourth-order valence-corrected chi connectivity index (χ4v) is 5.41. The van der Waals surface area contributed by atoms with Gasteiger partial charge in [-0.3, -0.25) is 9.69 Å². The van der Waals surface area contributed by atoms with Gasteiger partial charge < -0.3 is 19.5 Å². The SMILES string of the molecule is O=C(COc1ccc2ccccc2c1)N1C[C@H]2C[C@@H](N3CCOCC3)[C@H](O)C[C@H]2C1. The first-order valence-electron chi connectivity index (χ1n) is 11.1. The average Bonchev–Trinajstić information content (AvgIpc) is 3.20. The second-order valence-corrected chi connectivity index (χ2v) is 8.87. The van der Waals surface area contributed by atoms with Gasteiger partial charge in [-0.2, -0.15) is 0 Å². The lowest BCUT2D eigenvalue weighted by Crippen LogP contribution is -2.53. The lowest BCUT2D eigenvalue weighted by molar-refractivity contribution is -0.132. The van der Waals surface area contributed by atoms with Gasteiger partial charge >= 0.3 is 0 Å². The van der Waals surface area contributed by atoms with E-state index >= 15 is 0 Å². The van der Waals surface area contributed by atoms with Crippen molar-refractivity contribution in [1.29, 1.82) is 0 Å². The monoisotopic (exact) mass is 410 g/mol. The zero-order valence-electron chi connectivity index (χ0n) is 17.3. The molecule has 30 heavy (non-hydrogen) atoms. The van der Waals surface area contributed by atoms with Crippen LogP contribution in [0.25, 0.3) is 10.8 Å². The summed E-state index contributed by atoms with van der Waals surface area (Å²) < 4.78 is 11.3. The predicted molar refractivity (Wildman–Crippen MR) is 114 cm³/mol. The van der Waals surface area contributed by atoms with E-state index in [2.05, 4.69) is 11.0 Å². The Balaban J connectivity index is 1.17. The summed E-state index contributed by atoms with van der Waals surface area (Å²) in [5.41, 5.74) is 0. The molecule has 0 bridgehead atoms. The van der Waals surface area contributed by atoms with Crippen LogP contribution in [0.5, 0.6) is 5.75 Å². The van der Waals surface area contributed by atoms with Crippen molar-refractivity contribution in [3.63, 3.8) is 0 Å². The van der Waals surface area contributed by atoms with E-state index in [0.717, 1.165) is 68.8 Å². The van der Waals surface area contributed by atoms with Crippen LogP contribution in [0.4, 0.5) is 0 Å². The van der Waals surface area contributed by atoms with Gasteiger partial charge in [0, 0.05) is 32.2 Å². The maximum Gasteiger partial charge on any atom is 0.260 e. The van der Waals surface area contributed by atoms with Crippen LogP contribution in [0, 0.1) is 11.8 Å².